The van der Waals surface area contributed by atoms with E-state index in [2.05, 4.69) is 37.9 Å². The first-order valence-electron chi connectivity index (χ1n) is 12.2. The second kappa shape index (κ2) is 19.8. The van der Waals surface area contributed by atoms with Gasteiger partial charge in [0, 0.05) is 18.7 Å². The average molecular weight is 456 g/mol. The van der Waals surface area contributed by atoms with Crippen LogP contribution < -0.4 is 5.32 Å². The van der Waals surface area contributed by atoms with Crippen molar-refractivity contribution in [1.82, 2.24) is 15.1 Å². The summed E-state index contributed by atoms with van der Waals surface area (Å²) in [4.78, 5) is 36.8. The first kappa shape index (κ1) is 32.3. The lowest BCUT2D eigenvalue weighted by Crippen LogP contribution is -2.43. The van der Waals surface area contributed by atoms with Gasteiger partial charge in [0.2, 0.25) is 12.3 Å². The van der Waals surface area contributed by atoms with E-state index in [0.29, 0.717) is 6.41 Å². The number of hydrogen-bond acceptors (Lipinski definition) is 4. The first-order valence-corrected chi connectivity index (χ1v) is 12.2. The molecule has 0 radical (unpaired) electrons. The van der Waals surface area contributed by atoms with Crippen LogP contribution in [0.4, 0.5) is 0 Å². The third kappa shape index (κ3) is 14.2. The molecule has 0 aliphatic carbocycles. The highest BCUT2D eigenvalue weighted by atomic mass is 16.4. The quantitative estimate of drug-likeness (QED) is 0.378. The number of likely N-dealkylation sites (N-methyl/N-ethyl adjacent to an activating group) is 1. The Balaban J connectivity index is 0. The van der Waals surface area contributed by atoms with Gasteiger partial charge in [0.1, 0.15) is 0 Å². The summed E-state index contributed by atoms with van der Waals surface area (Å²) >= 11 is 0. The molecular formula is C25H49N3O4. The minimum atomic E-state index is -1.01. The SMILES string of the molecule is C/C(=C\[C@H](C(C)C)N(C)C(=O)CNC=O)C(=O)O.CCC.CCC(CC)N1CCCCC1. The molecule has 2 amide bonds. The smallest absolute Gasteiger partial charge is 0.331 e. The molecular weight excluding hydrogens is 406 g/mol. The van der Waals surface area contributed by atoms with Crippen LogP contribution in [0.1, 0.15) is 87.0 Å². The number of carbonyl (C=O) groups is 3. The van der Waals surface area contributed by atoms with Gasteiger partial charge in [-0.05, 0) is 51.6 Å². The molecule has 1 fully saturated rings. The molecule has 0 unspecified atom stereocenters. The number of carboxylic acid groups (broad SMARTS) is 1. The van der Waals surface area contributed by atoms with Crippen LogP contribution in [-0.4, -0.2) is 72.0 Å². The summed E-state index contributed by atoms with van der Waals surface area (Å²) < 4.78 is 0. The number of carboxylic acids is 1. The Labute approximate surface area is 196 Å². The second-order valence-electron chi connectivity index (χ2n) is 8.67. The van der Waals surface area contributed by atoms with E-state index < -0.39 is 5.97 Å². The molecule has 1 aliphatic heterocycles. The molecule has 7 heteroatoms. The summed E-state index contributed by atoms with van der Waals surface area (Å²) in [5.74, 6) is -1.20. The fraction of sp³-hybridized carbons (Fsp3) is 0.800. The Morgan fingerprint density at radius 1 is 1.06 bits per heavy atom. The van der Waals surface area contributed by atoms with Crippen molar-refractivity contribution < 1.29 is 19.5 Å². The van der Waals surface area contributed by atoms with Crippen molar-refractivity contribution in [2.75, 3.05) is 26.7 Å². The summed E-state index contributed by atoms with van der Waals surface area (Å²) in [7, 11) is 1.59. The summed E-state index contributed by atoms with van der Waals surface area (Å²) in [6.45, 7) is 16.8. The van der Waals surface area contributed by atoms with Crippen LogP contribution >= 0.6 is 0 Å². The lowest BCUT2D eigenvalue weighted by Gasteiger charge is -2.33. The van der Waals surface area contributed by atoms with Crippen molar-refractivity contribution >= 4 is 18.3 Å². The van der Waals surface area contributed by atoms with Gasteiger partial charge in [-0.1, -0.05) is 60.5 Å². The topological polar surface area (TPSA) is 90.0 Å². The number of amides is 2. The third-order valence-electron chi connectivity index (χ3n) is 5.47. The van der Waals surface area contributed by atoms with Gasteiger partial charge in [-0.3, -0.25) is 9.59 Å². The highest BCUT2D eigenvalue weighted by molar-refractivity contribution is 5.86. The fourth-order valence-corrected chi connectivity index (χ4v) is 3.59. The van der Waals surface area contributed by atoms with E-state index in [4.69, 9.17) is 5.11 Å². The minimum absolute atomic E-state index is 0.0736. The number of piperidine rings is 1. The first-order chi connectivity index (χ1) is 15.1. The van der Waals surface area contributed by atoms with Crippen LogP contribution in [0.25, 0.3) is 0 Å². The van der Waals surface area contributed by atoms with Crippen molar-refractivity contribution in [1.29, 1.82) is 0 Å². The molecule has 188 valence electrons. The maximum Gasteiger partial charge on any atom is 0.331 e. The van der Waals surface area contributed by atoms with E-state index >= 15 is 0 Å². The highest BCUT2D eigenvalue weighted by Gasteiger charge is 2.22. The lowest BCUT2D eigenvalue weighted by molar-refractivity contribution is -0.133. The fourth-order valence-electron chi connectivity index (χ4n) is 3.59. The van der Waals surface area contributed by atoms with Gasteiger partial charge < -0.3 is 20.2 Å². The van der Waals surface area contributed by atoms with Crippen LogP contribution in [0, 0.1) is 5.92 Å². The standard InChI is InChI=1S/C12H20N2O4.C10H21N.C3H8/c1-8(2)10(5-9(3)12(17)18)14(4)11(16)6-13-7-15;1-3-10(4-2)11-8-6-5-7-9-11;1-3-2/h5,7-8,10H,6H2,1-4H3,(H,13,15)(H,17,18);10H,3-9H2,1-2H3;3H2,1-2H3/b9-5+;;/t10-;;/m1../s1. The summed E-state index contributed by atoms with van der Waals surface area (Å²) in [6.07, 6.45) is 10.2. The number of rotatable bonds is 10. The molecule has 32 heavy (non-hydrogen) atoms. The van der Waals surface area contributed by atoms with E-state index in [1.54, 1.807) is 13.1 Å². The van der Waals surface area contributed by atoms with E-state index in [9.17, 15) is 14.4 Å². The Hall–Kier alpha value is -1.89. The predicted molar refractivity (Wildman–Crippen MR) is 133 cm³/mol. The molecule has 1 aliphatic rings. The Kier molecular flexibility index (Phi) is 19.9. The maximum absolute atomic E-state index is 11.7. The van der Waals surface area contributed by atoms with Crippen molar-refractivity contribution in [2.24, 2.45) is 5.92 Å². The van der Waals surface area contributed by atoms with Crippen molar-refractivity contribution in [2.45, 2.75) is 99.1 Å². The molecule has 0 bridgehead atoms. The Morgan fingerprint density at radius 2 is 1.56 bits per heavy atom. The summed E-state index contributed by atoms with van der Waals surface area (Å²) in [5.41, 5.74) is 0.191. The number of aliphatic carboxylic acids is 1. The normalized spacial score (nSPS) is 15.1. The van der Waals surface area contributed by atoms with Gasteiger partial charge in [0.15, 0.2) is 0 Å². The highest BCUT2D eigenvalue weighted by Crippen LogP contribution is 2.16. The molecule has 0 spiro atoms. The summed E-state index contributed by atoms with van der Waals surface area (Å²) in [5, 5.41) is 11.1. The molecule has 1 atom stereocenters. The zero-order chi connectivity index (χ0) is 25.1. The largest absolute Gasteiger partial charge is 0.478 e. The van der Waals surface area contributed by atoms with Gasteiger partial charge in [-0.25, -0.2) is 4.79 Å². The van der Waals surface area contributed by atoms with Crippen LogP contribution in [-0.2, 0) is 14.4 Å². The number of nitrogens with zero attached hydrogens (tertiary/aromatic N) is 2. The van der Waals surface area contributed by atoms with Gasteiger partial charge in [-0.15, -0.1) is 0 Å². The predicted octanol–water partition coefficient (Wildman–Crippen LogP) is 4.32. The second-order valence-corrected chi connectivity index (χ2v) is 8.67. The van der Waals surface area contributed by atoms with E-state index in [1.165, 1.54) is 63.4 Å². The zero-order valence-corrected chi connectivity index (χ0v) is 21.8. The Bertz CT molecular complexity index is 539. The van der Waals surface area contributed by atoms with E-state index in [-0.39, 0.29) is 30.0 Å². The monoisotopic (exact) mass is 455 g/mol. The molecule has 2 N–H and O–H groups in total. The van der Waals surface area contributed by atoms with Gasteiger partial charge >= 0.3 is 5.97 Å². The molecule has 1 heterocycles. The average Bonchev–Trinajstić information content (AvgIpc) is 2.77. The molecule has 1 saturated heterocycles. The van der Waals surface area contributed by atoms with Crippen LogP contribution in [0.15, 0.2) is 11.6 Å². The molecule has 0 aromatic rings. The third-order valence-corrected chi connectivity index (χ3v) is 5.47. The maximum atomic E-state index is 11.7. The van der Waals surface area contributed by atoms with E-state index in [0.717, 1.165) is 6.04 Å². The zero-order valence-electron chi connectivity index (χ0n) is 21.8. The van der Waals surface area contributed by atoms with Crippen molar-refractivity contribution in [3.05, 3.63) is 11.6 Å². The van der Waals surface area contributed by atoms with Crippen LogP contribution in [0.5, 0.6) is 0 Å². The summed E-state index contributed by atoms with van der Waals surface area (Å²) in [6, 6.07) is 0.553. The lowest BCUT2D eigenvalue weighted by atomic mass is 10.00. The molecule has 0 saturated carbocycles. The molecule has 0 aromatic carbocycles. The Morgan fingerprint density at radius 3 is 1.94 bits per heavy atom. The molecule has 0 aromatic heterocycles. The van der Waals surface area contributed by atoms with Gasteiger partial charge in [0.25, 0.3) is 0 Å². The van der Waals surface area contributed by atoms with Gasteiger partial charge in [0.05, 0.1) is 12.6 Å². The van der Waals surface area contributed by atoms with Crippen molar-refractivity contribution in [3.8, 4) is 0 Å². The minimum Gasteiger partial charge on any atom is -0.478 e. The van der Waals surface area contributed by atoms with E-state index in [1.807, 2.05) is 13.8 Å². The number of carbonyl (C=O) groups excluding carboxylic acids is 2. The molecule has 7 nitrogen and oxygen atoms in total. The number of likely N-dealkylation sites (tertiary alicyclic amines) is 1. The van der Waals surface area contributed by atoms with Crippen LogP contribution in [0.2, 0.25) is 0 Å². The van der Waals surface area contributed by atoms with Crippen LogP contribution in [0.3, 0.4) is 0 Å². The van der Waals surface area contributed by atoms with Crippen molar-refractivity contribution in [3.63, 3.8) is 0 Å². The number of nitrogens with one attached hydrogen (secondary N) is 1. The number of hydrogen-bond donors (Lipinski definition) is 2. The van der Waals surface area contributed by atoms with Gasteiger partial charge in [-0.2, -0.15) is 0 Å². The molecule has 1 rings (SSSR count).